The lowest BCUT2D eigenvalue weighted by Crippen LogP contribution is -2.16. The number of halogens is 1. The summed E-state index contributed by atoms with van der Waals surface area (Å²) in [6.45, 7) is 2.93. The van der Waals surface area contributed by atoms with Gasteiger partial charge in [-0.2, -0.15) is 0 Å². The third-order valence-corrected chi connectivity index (χ3v) is 3.14. The van der Waals surface area contributed by atoms with Gasteiger partial charge in [-0.25, -0.2) is 4.98 Å². The Bertz CT molecular complexity index is 437. The molecule has 0 unspecified atom stereocenters. The summed E-state index contributed by atoms with van der Waals surface area (Å²) in [5.74, 6) is 0.582. The number of alkyl halides is 1. The van der Waals surface area contributed by atoms with E-state index in [1.165, 1.54) is 11.1 Å². The lowest BCUT2D eigenvalue weighted by molar-refractivity contribution is 0.581. The molecule has 1 aromatic carbocycles. The third-order valence-electron chi connectivity index (χ3n) is 2.84. The van der Waals surface area contributed by atoms with Crippen LogP contribution in [0.15, 0.2) is 43.0 Å². The van der Waals surface area contributed by atoms with E-state index in [2.05, 4.69) is 39.1 Å². The van der Waals surface area contributed by atoms with Crippen molar-refractivity contribution in [2.24, 2.45) is 0 Å². The van der Waals surface area contributed by atoms with Gasteiger partial charge in [0.2, 0.25) is 0 Å². The van der Waals surface area contributed by atoms with Crippen LogP contribution in [-0.2, 0) is 19.0 Å². The first-order chi connectivity index (χ1) is 8.88. The molecule has 1 aromatic heterocycles. The maximum Gasteiger partial charge on any atom is 0.0945 e. The van der Waals surface area contributed by atoms with Crippen molar-refractivity contribution in [2.75, 3.05) is 6.54 Å². The van der Waals surface area contributed by atoms with Gasteiger partial charge in [0, 0.05) is 31.4 Å². The van der Waals surface area contributed by atoms with Gasteiger partial charge >= 0.3 is 0 Å². The summed E-state index contributed by atoms with van der Waals surface area (Å²) in [6, 6.07) is 8.41. The quantitative estimate of drug-likeness (QED) is 0.615. The molecule has 3 nitrogen and oxygen atoms in total. The molecule has 0 aliphatic carbocycles. The van der Waals surface area contributed by atoms with Gasteiger partial charge in [-0.3, -0.25) is 0 Å². The van der Waals surface area contributed by atoms with E-state index >= 15 is 0 Å². The van der Waals surface area contributed by atoms with Crippen LogP contribution in [0, 0.1) is 0 Å². The summed E-state index contributed by atoms with van der Waals surface area (Å²) >= 11 is 5.75. The zero-order valence-electron chi connectivity index (χ0n) is 10.3. The highest BCUT2D eigenvalue weighted by Gasteiger charge is 1.94. The molecule has 1 heterocycles. The number of imidazole rings is 1. The van der Waals surface area contributed by atoms with Crippen LogP contribution in [0.5, 0.6) is 0 Å². The SMILES string of the molecule is ClCc1ccc(CNCCCn2ccnc2)cc1. The Morgan fingerprint density at radius 3 is 2.61 bits per heavy atom. The van der Waals surface area contributed by atoms with Gasteiger partial charge in [0.05, 0.1) is 6.33 Å². The molecule has 1 N–H and O–H groups in total. The van der Waals surface area contributed by atoms with Gasteiger partial charge in [0.1, 0.15) is 0 Å². The Balaban J connectivity index is 1.62. The number of nitrogens with one attached hydrogen (secondary N) is 1. The second-order valence-corrected chi connectivity index (χ2v) is 4.55. The first-order valence-corrected chi connectivity index (χ1v) is 6.72. The number of rotatable bonds is 7. The van der Waals surface area contributed by atoms with E-state index < -0.39 is 0 Å². The third kappa shape index (κ3) is 4.17. The Kier molecular flexibility index (Phi) is 5.24. The largest absolute Gasteiger partial charge is 0.337 e. The highest BCUT2D eigenvalue weighted by Crippen LogP contribution is 2.06. The van der Waals surface area contributed by atoms with E-state index in [0.717, 1.165) is 26.1 Å². The Morgan fingerprint density at radius 2 is 1.94 bits per heavy atom. The zero-order valence-corrected chi connectivity index (χ0v) is 11.1. The van der Waals surface area contributed by atoms with Gasteiger partial charge in [-0.05, 0) is 24.1 Å². The lowest BCUT2D eigenvalue weighted by atomic mass is 10.1. The van der Waals surface area contributed by atoms with E-state index in [-0.39, 0.29) is 0 Å². The van der Waals surface area contributed by atoms with Crippen molar-refractivity contribution in [3.63, 3.8) is 0 Å². The summed E-state index contributed by atoms with van der Waals surface area (Å²) in [5, 5.41) is 3.43. The fraction of sp³-hybridized carbons (Fsp3) is 0.357. The standard InChI is InChI=1S/C14H18ClN3/c15-10-13-2-4-14(5-3-13)11-16-6-1-8-18-9-7-17-12-18/h2-5,7,9,12,16H,1,6,8,10-11H2. The summed E-state index contributed by atoms with van der Waals surface area (Å²) in [7, 11) is 0. The van der Waals surface area contributed by atoms with Crippen LogP contribution in [0.4, 0.5) is 0 Å². The summed E-state index contributed by atoms with van der Waals surface area (Å²) in [5.41, 5.74) is 2.46. The minimum absolute atomic E-state index is 0.582. The lowest BCUT2D eigenvalue weighted by Gasteiger charge is -2.06. The van der Waals surface area contributed by atoms with Gasteiger partial charge in [0.15, 0.2) is 0 Å². The average Bonchev–Trinajstić information content (AvgIpc) is 2.92. The predicted molar refractivity (Wildman–Crippen MR) is 74.5 cm³/mol. The molecule has 0 radical (unpaired) electrons. The smallest absolute Gasteiger partial charge is 0.0945 e. The van der Waals surface area contributed by atoms with Crippen molar-refractivity contribution in [3.05, 3.63) is 54.1 Å². The highest BCUT2D eigenvalue weighted by molar-refractivity contribution is 6.17. The van der Waals surface area contributed by atoms with Gasteiger partial charge in [-0.15, -0.1) is 11.6 Å². The molecule has 0 aliphatic rings. The van der Waals surface area contributed by atoms with Crippen molar-refractivity contribution in [1.82, 2.24) is 14.9 Å². The van der Waals surface area contributed by atoms with Gasteiger partial charge in [-0.1, -0.05) is 24.3 Å². The Morgan fingerprint density at radius 1 is 1.17 bits per heavy atom. The second-order valence-electron chi connectivity index (χ2n) is 4.28. The molecular weight excluding hydrogens is 246 g/mol. The number of nitrogens with zero attached hydrogens (tertiary/aromatic N) is 2. The van der Waals surface area contributed by atoms with Crippen molar-refractivity contribution < 1.29 is 0 Å². The van der Waals surface area contributed by atoms with Crippen molar-refractivity contribution in [2.45, 2.75) is 25.4 Å². The van der Waals surface area contributed by atoms with Crippen LogP contribution in [0.1, 0.15) is 17.5 Å². The van der Waals surface area contributed by atoms with Crippen LogP contribution in [-0.4, -0.2) is 16.1 Å². The molecule has 2 aromatic rings. The molecule has 18 heavy (non-hydrogen) atoms. The second kappa shape index (κ2) is 7.19. The molecule has 0 spiro atoms. The highest BCUT2D eigenvalue weighted by atomic mass is 35.5. The molecule has 0 saturated carbocycles. The molecule has 0 atom stereocenters. The molecule has 0 saturated heterocycles. The first kappa shape index (κ1) is 13.1. The molecule has 4 heteroatoms. The minimum atomic E-state index is 0.582. The topological polar surface area (TPSA) is 29.9 Å². The monoisotopic (exact) mass is 263 g/mol. The van der Waals surface area contributed by atoms with E-state index in [1.54, 1.807) is 0 Å². The van der Waals surface area contributed by atoms with Crippen LogP contribution in [0.3, 0.4) is 0 Å². The number of hydrogen-bond donors (Lipinski definition) is 1. The number of benzene rings is 1. The van der Waals surface area contributed by atoms with Crippen molar-refractivity contribution >= 4 is 11.6 Å². The molecule has 0 bridgehead atoms. The molecule has 0 aliphatic heterocycles. The zero-order chi connectivity index (χ0) is 12.6. The number of aromatic nitrogens is 2. The summed E-state index contributed by atoms with van der Waals surface area (Å²) in [6.07, 6.45) is 6.76. The first-order valence-electron chi connectivity index (χ1n) is 6.19. The molecular formula is C14H18ClN3. The van der Waals surface area contributed by atoms with Gasteiger partial charge in [0.25, 0.3) is 0 Å². The van der Waals surface area contributed by atoms with Gasteiger partial charge < -0.3 is 9.88 Å². The fourth-order valence-electron chi connectivity index (χ4n) is 1.78. The molecule has 0 fully saturated rings. The normalized spacial score (nSPS) is 10.7. The predicted octanol–water partition coefficient (Wildman–Crippen LogP) is 2.80. The molecule has 0 amide bonds. The van der Waals surface area contributed by atoms with E-state index in [4.69, 9.17) is 11.6 Å². The minimum Gasteiger partial charge on any atom is -0.337 e. The van der Waals surface area contributed by atoms with E-state index in [0.29, 0.717) is 5.88 Å². The van der Waals surface area contributed by atoms with Crippen LogP contribution < -0.4 is 5.32 Å². The Labute approximate surface area is 113 Å². The van der Waals surface area contributed by atoms with Crippen molar-refractivity contribution in [1.29, 1.82) is 0 Å². The maximum absolute atomic E-state index is 5.75. The molecule has 2 rings (SSSR count). The van der Waals surface area contributed by atoms with E-state index in [1.807, 2.05) is 18.7 Å². The van der Waals surface area contributed by atoms with Crippen molar-refractivity contribution in [3.8, 4) is 0 Å². The summed E-state index contributed by atoms with van der Waals surface area (Å²) in [4.78, 5) is 4.02. The Hall–Kier alpha value is -1.32. The average molecular weight is 264 g/mol. The van der Waals surface area contributed by atoms with Crippen LogP contribution in [0.2, 0.25) is 0 Å². The van der Waals surface area contributed by atoms with Crippen LogP contribution in [0.25, 0.3) is 0 Å². The maximum atomic E-state index is 5.75. The summed E-state index contributed by atoms with van der Waals surface area (Å²) < 4.78 is 2.09. The van der Waals surface area contributed by atoms with E-state index in [9.17, 15) is 0 Å². The van der Waals surface area contributed by atoms with Crippen LogP contribution >= 0.6 is 11.6 Å². The number of hydrogen-bond acceptors (Lipinski definition) is 2. The number of aryl methyl sites for hydroxylation is 1. The molecule has 96 valence electrons. The fourth-order valence-corrected chi connectivity index (χ4v) is 1.96.